The van der Waals surface area contributed by atoms with Crippen molar-refractivity contribution in [1.82, 2.24) is 4.90 Å². The van der Waals surface area contributed by atoms with Crippen molar-refractivity contribution in [3.8, 4) is 11.8 Å². The standard InChI is InChI=1S/C22H23ClFN5/c1-21(8-9-29(2)12-21)7-6-14-10-19-16(11-18(14)25)22(26,28-13-27-19)15-4-3-5-17(23)20(15)24/h3-5,10-11,13H,8-9,12,25-26H2,1-2H3,(H,27,28). The van der Waals surface area contributed by atoms with Crippen molar-refractivity contribution in [2.75, 3.05) is 31.2 Å². The molecule has 150 valence electrons. The van der Waals surface area contributed by atoms with Crippen LogP contribution in [-0.2, 0) is 5.66 Å². The average Bonchev–Trinajstić information content (AvgIpc) is 3.02. The molecule has 4 rings (SSSR count). The minimum absolute atomic E-state index is 0.00663. The number of anilines is 2. The number of rotatable bonds is 1. The van der Waals surface area contributed by atoms with Crippen molar-refractivity contribution < 1.29 is 4.39 Å². The number of nitrogens with zero attached hydrogens (tertiary/aromatic N) is 2. The summed E-state index contributed by atoms with van der Waals surface area (Å²) in [4.78, 5) is 6.59. The number of benzene rings is 2. The molecule has 29 heavy (non-hydrogen) atoms. The molecular formula is C22H23ClFN5. The summed E-state index contributed by atoms with van der Waals surface area (Å²) in [5.74, 6) is 6.02. The van der Waals surface area contributed by atoms with Gasteiger partial charge in [-0.2, -0.15) is 0 Å². The number of fused-ring (bicyclic) bond motifs is 1. The first-order valence-corrected chi connectivity index (χ1v) is 9.79. The molecule has 2 aliphatic rings. The van der Waals surface area contributed by atoms with Gasteiger partial charge in [0.05, 0.1) is 11.4 Å². The molecule has 7 heteroatoms. The molecule has 2 heterocycles. The molecule has 1 fully saturated rings. The van der Waals surface area contributed by atoms with Gasteiger partial charge in [0.1, 0.15) is 5.82 Å². The predicted octanol–water partition coefficient (Wildman–Crippen LogP) is 3.37. The summed E-state index contributed by atoms with van der Waals surface area (Å²) < 4.78 is 14.7. The highest BCUT2D eigenvalue weighted by Crippen LogP contribution is 2.40. The highest BCUT2D eigenvalue weighted by Gasteiger charge is 2.37. The normalized spacial score (nSPS) is 25.8. The van der Waals surface area contributed by atoms with Crippen LogP contribution in [0.15, 0.2) is 35.3 Å². The van der Waals surface area contributed by atoms with Crippen LogP contribution in [0, 0.1) is 23.1 Å². The van der Waals surface area contributed by atoms with Crippen LogP contribution in [0.25, 0.3) is 0 Å². The van der Waals surface area contributed by atoms with E-state index in [1.807, 2.05) is 6.07 Å². The molecule has 5 nitrogen and oxygen atoms in total. The van der Waals surface area contributed by atoms with Crippen LogP contribution in [0.1, 0.15) is 30.0 Å². The maximum atomic E-state index is 14.7. The minimum Gasteiger partial charge on any atom is -0.398 e. The maximum absolute atomic E-state index is 14.7. The van der Waals surface area contributed by atoms with E-state index >= 15 is 0 Å². The number of hydrogen-bond acceptors (Lipinski definition) is 5. The van der Waals surface area contributed by atoms with Gasteiger partial charge in [0, 0.05) is 40.0 Å². The lowest BCUT2D eigenvalue weighted by atomic mass is 9.87. The van der Waals surface area contributed by atoms with E-state index in [0.29, 0.717) is 22.5 Å². The Balaban J connectivity index is 1.77. The van der Waals surface area contributed by atoms with Crippen molar-refractivity contribution in [1.29, 1.82) is 0 Å². The molecule has 2 aliphatic heterocycles. The van der Waals surface area contributed by atoms with Crippen LogP contribution in [-0.4, -0.2) is 31.4 Å². The first-order chi connectivity index (χ1) is 13.7. The van der Waals surface area contributed by atoms with Crippen LogP contribution < -0.4 is 16.8 Å². The molecule has 2 aromatic carbocycles. The zero-order chi connectivity index (χ0) is 20.8. The third-order valence-corrected chi connectivity index (χ3v) is 5.91. The molecule has 2 unspecified atom stereocenters. The second kappa shape index (κ2) is 7.03. The molecule has 1 saturated heterocycles. The van der Waals surface area contributed by atoms with Crippen LogP contribution >= 0.6 is 11.6 Å². The van der Waals surface area contributed by atoms with E-state index in [9.17, 15) is 4.39 Å². The SMILES string of the molecule is CN1CCC(C)(C#Cc2cc3c(cc2N)C(N)(c2cccc(Cl)c2F)N=CN3)C1. The summed E-state index contributed by atoms with van der Waals surface area (Å²) in [6.07, 6.45) is 2.48. The summed E-state index contributed by atoms with van der Waals surface area (Å²) in [6, 6.07) is 8.26. The number of hydrogen-bond donors (Lipinski definition) is 3. The van der Waals surface area contributed by atoms with Crippen LogP contribution in [0.4, 0.5) is 15.8 Å². The molecule has 0 aromatic heterocycles. The Hall–Kier alpha value is -2.59. The summed E-state index contributed by atoms with van der Waals surface area (Å²) >= 11 is 5.96. The fraction of sp³-hybridized carbons (Fsp3) is 0.318. The number of aliphatic imine (C=N–C) groups is 1. The molecule has 0 amide bonds. The van der Waals surface area contributed by atoms with Crippen molar-refractivity contribution in [2.45, 2.75) is 19.0 Å². The van der Waals surface area contributed by atoms with E-state index in [2.05, 4.69) is 41.0 Å². The quantitative estimate of drug-likeness (QED) is 0.496. The molecule has 2 aromatic rings. The van der Waals surface area contributed by atoms with Crippen molar-refractivity contribution in [3.05, 3.63) is 57.9 Å². The number of nitrogens with one attached hydrogen (secondary N) is 1. The zero-order valence-electron chi connectivity index (χ0n) is 16.4. The van der Waals surface area contributed by atoms with Gasteiger partial charge in [-0.15, -0.1) is 0 Å². The molecule has 0 radical (unpaired) electrons. The van der Waals surface area contributed by atoms with E-state index in [4.69, 9.17) is 23.1 Å². The average molecular weight is 412 g/mol. The predicted molar refractivity (Wildman–Crippen MR) is 116 cm³/mol. The van der Waals surface area contributed by atoms with Crippen molar-refractivity contribution in [2.24, 2.45) is 16.1 Å². The first kappa shape index (κ1) is 19.7. The minimum atomic E-state index is -1.43. The Kier molecular flexibility index (Phi) is 4.78. The lowest BCUT2D eigenvalue weighted by Crippen LogP contribution is -2.40. The first-order valence-electron chi connectivity index (χ1n) is 9.41. The van der Waals surface area contributed by atoms with E-state index in [1.54, 1.807) is 18.2 Å². The topological polar surface area (TPSA) is 79.7 Å². The lowest BCUT2D eigenvalue weighted by molar-refractivity contribution is 0.373. The molecule has 5 N–H and O–H groups in total. The molecule has 2 atom stereocenters. The molecule has 0 spiro atoms. The molecular weight excluding hydrogens is 389 g/mol. The summed E-state index contributed by atoms with van der Waals surface area (Å²) in [5, 5.41) is 3.07. The Morgan fingerprint density at radius 2 is 2.10 bits per heavy atom. The van der Waals surface area contributed by atoms with Crippen molar-refractivity contribution >= 4 is 29.3 Å². The number of halogens is 2. The maximum Gasteiger partial charge on any atom is 0.166 e. The van der Waals surface area contributed by atoms with Gasteiger partial charge in [-0.1, -0.05) is 35.6 Å². The van der Waals surface area contributed by atoms with Crippen LogP contribution in [0.2, 0.25) is 5.02 Å². The summed E-state index contributed by atoms with van der Waals surface area (Å²) in [7, 11) is 2.10. The Labute approximate surface area is 174 Å². The number of likely N-dealkylation sites (tertiary alicyclic amines) is 1. The Bertz CT molecular complexity index is 1070. The van der Waals surface area contributed by atoms with Gasteiger partial charge in [0.2, 0.25) is 0 Å². The van der Waals surface area contributed by atoms with Gasteiger partial charge in [-0.05, 0) is 45.1 Å². The van der Waals surface area contributed by atoms with Crippen molar-refractivity contribution in [3.63, 3.8) is 0 Å². The third kappa shape index (κ3) is 3.46. The Morgan fingerprint density at radius 3 is 2.83 bits per heavy atom. The number of nitrogen functional groups attached to an aromatic ring is 1. The highest BCUT2D eigenvalue weighted by atomic mass is 35.5. The van der Waals surface area contributed by atoms with E-state index < -0.39 is 11.5 Å². The summed E-state index contributed by atoms with van der Waals surface area (Å²) in [6.45, 7) is 4.12. The second-order valence-electron chi connectivity index (χ2n) is 8.05. The Morgan fingerprint density at radius 1 is 1.31 bits per heavy atom. The van der Waals surface area contributed by atoms with Gasteiger partial charge < -0.3 is 16.0 Å². The smallest absolute Gasteiger partial charge is 0.166 e. The zero-order valence-corrected chi connectivity index (χ0v) is 17.1. The third-order valence-electron chi connectivity index (χ3n) is 5.61. The fourth-order valence-corrected chi connectivity index (χ4v) is 4.13. The van der Waals surface area contributed by atoms with E-state index in [1.165, 1.54) is 12.4 Å². The fourth-order valence-electron chi connectivity index (χ4n) is 3.96. The lowest BCUT2D eigenvalue weighted by Gasteiger charge is -2.32. The van der Waals surface area contributed by atoms with E-state index in [-0.39, 0.29) is 16.0 Å². The monoisotopic (exact) mass is 411 g/mol. The van der Waals surface area contributed by atoms with Crippen LogP contribution in [0.5, 0.6) is 0 Å². The van der Waals surface area contributed by atoms with Gasteiger partial charge in [-0.3, -0.25) is 5.73 Å². The van der Waals surface area contributed by atoms with Gasteiger partial charge >= 0.3 is 0 Å². The molecule has 0 aliphatic carbocycles. The molecule has 0 saturated carbocycles. The number of nitrogens with two attached hydrogens (primary N) is 2. The van der Waals surface area contributed by atoms with Gasteiger partial charge in [0.25, 0.3) is 0 Å². The highest BCUT2D eigenvalue weighted by molar-refractivity contribution is 6.30. The second-order valence-corrected chi connectivity index (χ2v) is 8.46. The van der Waals surface area contributed by atoms with Crippen LogP contribution in [0.3, 0.4) is 0 Å². The summed E-state index contributed by atoms with van der Waals surface area (Å²) in [5.41, 5.74) is 14.0. The van der Waals surface area contributed by atoms with Gasteiger partial charge in [-0.25, -0.2) is 9.38 Å². The largest absolute Gasteiger partial charge is 0.398 e. The van der Waals surface area contributed by atoms with Gasteiger partial charge in [0.15, 0.2) is 5.66 Å². The van der Waals surface area contributed by atoms with E-state index in [0.717, 1.165) is 19.5 Å². The molecule has 0 bridgehead atoms.